The SMILES string of the molecule is O=C(ON1C(=O)CCC1=O)C1COB(c2ccccc2)O1. The van der Waals surface area contributed by atoms with Gasteiger partial charge in [0, 0.05) is 12.8 Å². The lowest BCUT2D eigenvalue weighted by atomic mass is 9.79. The Labute approximate surface area is 120 Å². The van der Waals surface area contributed by atoms with E-state index >= 15 is 0 Å². The van der Waals surface area contributed by atoms with E-state index in [2.05, 4.69) is 0 Å². The molecule has 21 heavy (non-hydrogen) atoms. The molecule has 3 rings (SSSR count). The second kappa shape index (κ2) is 5.67. The van der Waals surface area contributed by atoms with Crippen LogP contribution in [0.1, 0.15) is 12.8 Å². The molecule has 2 saturated heterocycles. The predicted octanol–water partition coefficient (Wildman–Crippen LogP) is -0.596. The molecule has 7 nitrogen and oxygen atoms in total. The number of nitrogens with zero attached hydrogens (tertiary/aromatic N) is 1. The van der Waals surface area contributed by atoms with Gasteiger partial charge in [-0.15, -0.1) is 5.06 Å². The molecular weight excluding hydrogens is 277 g/mol. The first-order valence-corrected chi connectivity index (χ1v) is 6.55. The maximum absolute atomic E-state index is 11.9. The molecule has 0 bridgehead atoms. The number of benzene rings is 1. The average molecular weight is 289 g/mol. The Hall–Kier alpha value is -2.19. The van der Waals surface area contributed by atoms with Crippen LogP contribution in [0.5, 0.6) is 0 Å². The summed E-state index contributed by atoms with van der Waals surface area (Å²) in [6.45, 7) is 0.00855. The molecule has 0 radical (unpaired) electrons. The maximum atomic E-state index is 11.9. The van der Waals surface area contributed by atoms with Gasteiger partial charge in [-0.25, -0.2) is 4.79 Å². The maximum Gasteiger partial charge on any atom is 0.494 e. The summed E-state index contributed by atoms with van der Waals surface area (Å²) in [4.78, 5) is 39.4. The molecule has 0 N–H and O–H groups in total. The van der Waals surface area contributed by atoms with Gasteiger partial charge in [0.25, 0.3) is 11.8 Å². The third kappa shape index (κ3) is 2.81. The third-order valence-electron chi connectivity index (χ3n) is 3.21. The lowest BCUT2D eigenvalue weighted by Gasteiger charge is -2.15. The molecule has 2 amide bonds. The smallest absolute Gasteiger partial charge is 0.404 e. The summed E-state index contributed by atoms with van der Waals surface area (Å²) in [7, 11) is -0.659. The highest BCUT2D eigenvalue weighted by Crippen LogP contribution is 2.16. The second-order valence-corrected chi connectivity index (χ2v) is 4.69. The van der Waals surface area contributed by atoms with Crippen molar-refractivity contribution in [1.82, 2.24) is 5.06 Å². The van der Waals surface area contributed by atoms with E-state index in [1.165, 1.54) is 0 Å². The van der Waals surface area contributed by atoms with Crippen molar-refractivity contribution in [3.8, 4) is 0 Å². The Bertz CT molecular complexity index is 561. The number of carbonyl (C=O) groups is 3. The molecule has 108 valence electrons. The van der Waals surface area contributed by atoms with Crippen molar-refractivity contribution in [2.45, 2.75) is 18.9 Å². The van der Waals surface area contributed by atoms with Crippen LogP contribution in [0.2, 0.25) is 0 Å². The summed E-state index contributed by atoms with van der Waals surface area (Å²) in [5, 5.41) is 0.502. The fourth-order valence-corrected chi connectivity index (χ4v) is 2.12. The zero-order valence-electron chi connectivity index (χ0n) is 11.1. The lowest BCUT2D eigenvalue weighted by molar-refractivity contribution is -0.202. The van der Waals surface area contributed by atoms with Gasteiger partial charge in [0.1, 0.15) is 0 Å². The molecule has 2 aliphatic heterocycles. The van der Waals surface area contributed by atoms with E-state index in [1.807, 2.05) is 30.3 Å². The highest BCUT2D eigenvalue weighted by molar-refractivity contribution is 6.62. The number of carbonyl (C=O) groups excluding carboxylic acids is 3. The van der Waals surface area contributed by atoms with Crippen LogP contribution in [0.25, 0.3) is 0 Å². The van der Waals surface area contributed by atoms with Gasteiger partial charge in [0.2, 0.25) is 0 Å². The first kappa shape index (κ1) is 13.8. The zero-order valence-corrected chi connectivity index (χ0v) is 11.1. The van der Waals surface area contributed by atoms with Gasteiger partial charge in [0.15, 0.2) is 6.10 Å². The Kier molecular flexibility index (Phi) is 3.72. The lowest BCUT2D eigenvalue weighted by Crippen LogP contribution is -2.39. The number of rotatable bonds is 3. The number of hydrogen-bond acceptors (Lipinski definition) is 6. The van der Waals surface area contributed by atoms with Gasteiger partial charge in [-0.05, 0) is 5.46 Å². The number of imide groups is 1. The van der Waals surface area contributed by atoms with Crippen LogP contribution in [0.15, 0.2) is 30.3 Å². The average Bonchev–Trinajstić information content (AvgIpc) is 3.11. The predicted molar refractivity (Wildman–Crippen MR) is 69.8 cm³/mol. The van der Waals surface area contributed by atoms with E-state index in [4.69, 9.17) is 14.1 Å². The summed E-state index contributed by atoms with van der Waals surface area (Å²) >= 11 is 0. The molecule has 2 fully saturated rings. The summed E-state index contributed by atoms with van der Waals surface area (Å²) in [6.07, 6.45) is -0.849. The van der Waals surface area contributed by atoms with Crippen molar-refractivity contribution in [2.24, 2.45) is 0 Å². The molecule has 8 heteroatoms. The van der Waals surface area contributed by atoms with E-state index in [0.29, 0.717) is 5.06 Å². The third-order valence-corrected chi connectivity index (χ3v) is 3.21. The highest BCUT2D eigenvalue weighted by Gasteiger charge is 2.41. The zero-order chi connectivity index (χ0) is 14.8. The normalized spacial score (nSPS) is 22.0. The minimum absolute atomic E-state index is 0.00855. The highest BCUT2D eigenvalue weighted by atomic mass is 16.7. The van der Waals surface area contributed by atoms with Crippen LogP contribution >= 0.6 is 0 Å². The molecule has 0 aromatic heterocycles. The van der Waals surface area contributed by atoms with Crippen molar-refractivity contribution in [3.05, 3.63) is 30.3 Å². The van der Waals surface area contributed by atoms with Gasteiger partial charge >= 0.3 is 13.1 Å². The Morgan fingerprint density at radius 2 is 1.86 bits per heavy atom. The second-order valence-electron chi connectivity index (χ2n) is 4.69. The van der Waals surface area contributed by atoms with Gasteiger partial charge < -0.3 is 14.1 Å². The van der Waals surface area contributed by atoms with Crippen molar-refractivity contribution >= 4 is 30.4 Å². The van der Waals surface area contributed by atoms with E-state index in [1.54, 1.807) is 0 Å². The Morgan fingerprint density at radius 3 is 2.52 bits per heavy atom. The molecule has 2 aliphatic rings. The Balaban J connectivity index is 1.60. The van der Waals surface area contributed by atoms with Crippen LogP contribution in [-0.2, 0) is 28.5 Å². The van der Waals surface area contributed by atoms with E-state index in [0.717, 1.165) is 5.46 Å². The summed E-state index contributed by atoms with van der Waals surface area (Å²) < 4.78 is 10.8. The van der Waals surface area contributed by atoms with Gasteiger partial charge in [-0.3, -0.25) is 9.59 Å². The minimum Gasteiger partial charge on any atom is -0.404 e. The van der Waals surface area contributed by atoms with E-state index < -0.39 is 31.0 Å². The van der Waals surface area contributed by atoms with Gasteiger partial charge in [-0.1, -0.05) is 30.3 Å². The molecule has 0 spiro atoms. The quantitative estimate of drug-likeness (QED) is 0.546. The van der Waals surface area contributed by atoms with Crippen LogP contribution in [-0.4, -0.2) is 42.7 Å². The van der Waals surface area contributed by atoms with Crippen molar-refractivity contribution in [2.75, 3.05) is 6.61 Å². The largest absolute Gasteiger partial charge is 0.494 e. The van der Waals surface area contributed by atoms with Gasteiger partial charge in [-0.2, -0.15) is 0 Å². The summed E-state index contributed by atoms with van der Waals surface area (Å²) in [5.41, 5.74) is 0.779. The number of hydrogen-bond donors (Lipinski definition) is 0. The number of amides is 2. The fourth-order valence-electron chi connectivity index (χ4n) is 2.12. The van der Waals surface area contributed by atoms with E-state index in [-0.39, 0.29) is 19.4 Å². The van der Waals surface area contributed by atoms with E-state index in [9.17, 15) is 14.4 Å². The summed E-state index contributed by atoms with van der Waals surface area (Å²) in [6, 6.07) is 9.14. The van der Waals surface area contributed by atoms with Crippen molar-refractivity contribution in [3.63, 3.8) is 0 Å². The minimum atomic E-state index is -0.962. The first-order valence-electron chi connectivity index (χ1n) is 6.55. The van der Waals surface area contributed by atoms with Crippen LogP contribution in [0.4, 0.5) is 0 Å². The van der Waals surface area contributed by atoms with Crippen LogP contribution < -0.4 is 5.46 Å². The van der Waals surface area contributed by atoms with Gasteiger partial charge in [0.05, 0.1) is 6.61 Å². The standard InChI is InChI=1S/C13H12BNO6/c16-11-6-7-12(17)15(11)21-13(18)10-8-19-14(20-10)9-4-2-1-3-5-9/h1-5,10H,6-8H2. The molecule has 0 aliphatic carbocycles. The molecule has 0 saturated carbocycles. The molecule has 1 unspecified atom stereocenters. The topological polar surface area (TPSA) is 82.1 Å². The molecule has 2 heterocycles. The van der Waals surface area contributed by atoms with Crippen molar-refractivity contribution in [1.29, 1.82) is 0 Å². The van der Waals surface area contributed by atoms with Crippen molar-refractivity contribution < 1.29 is 28.5 Å². The van der Waals surface area contributed by atoms with Crippen LogP contribution in [0.3, 0.4) is 0 Å². The Morgan fingerprint density at radius 1 is 1.19 bits per heavy atom. The van der Waals surface area contributed by atoms with Crippen LogP contribution in [0, 0.1) is 0 Å². The fraction of sp³-hybridized carbons (Fsp3) is 0.308. The summed E-state index contributed by atoms with van der Waals surface area (Å²) in [5.74, 6) is -1.85. The first-order chi connectivity index (χ1) is 10.1. The monoisotopic (exact) mass is 289 g/mol. The number of hydroxylamine groups is 2. The molecule has 1 aromatic carbocycles. The molecular formula is C13H12BNO6. The molecule has 1 atom stereocenters. The molecule has 1 aromatic rings.